The molecule has 1 aromatic carbocycles. The van der Waals surface area contributed by atoms with Gasteiger partial charge in [0.2, 0.25) is 11.8 Å². The number of nitrogens with zero attached hydrogens (tertiary/aromatic N) is 1. The summed E-state index contributed by atoms with van der Waals surface area (Å²) in [5, 5.41) is 6.32. The average Bonchev–Trinajstić information content (AvgIpc) is 2.26. The van der Waals surface area contributed by atoms with Crippen molar-refractivity contribution in [2.75, 3.05) is 31.5 Å². The summed E-state index contributed by atoms with van der Waals surface area (Å²) >= 11 is 11.7. The first-order chi connectivity index (χ1) is 9.02. The molecule has 0 atom stereocenters. The summed E-state index contributed by atoms with van der Waals surface area (Å²) in [6, 6.07) is 4.83. The molecular formula is C12H13Cl2N3O2. The molecule has 2 amide bonds. The van der Waals surface area contributed by atoms with E-state index in [4.69, 9.17) is 23.2 Å². The fourth-order valence-electron chi connectivity index (χ4n) is 1.86. The van der Waals surface area contributed by atoms with Crippen LogP contribution >= 0.6 is 23.2 Å². The minimum absolute atomic E-state index is 0.0650. The SMILES string of the molecule is O=C1CN(CC(=O)Nc2cc(Cl)cc(Cl)c2)CCN1. The molecule has 0 aromatic heterocycles. The second-order valence-electron chi connectivity index (χ2n) is 4.27. The van der Waals surface area contributed by atoms with Gasteiger partial charge in [-0.05, 0) is 18.2 Å². The molecule has 1 aromatic rings. The van der Waals surface area contributed by atoms with Crippen LogP contribution in [0.2, 0.25) is 10.0 Å². The van der Waals surface area contributed by atoms with E-state index in [9.17, 15) is 9.59 Å². The molecule has 19 heavy (non-hydrogen) atoms. The number of carbonyl (C=O) groups excluding carboxylic acids is 2. The maximum Gasteiger partial charge on any atom is 0.238 e. The van der Waals surface area contributed by atoms with Crippen LogP contribution in [0.15, 0.2) is 18.2 Å². The maximum atomic E-state index is 11.8. The van der Waals surface area contributed by atoms with Crippen molar-refractivity contribution in [1.82, 2.24) is 10.2 Å². The lowest BCUT2D eigenvalue weighted by Gasteiger charge is -2.25. The lowest BCUT2D eigenvalue weighted by molar-refractivity contribution is -0.125. The number of amides is 2. The summed E-state index contributed by atoms with van der Waals surface area (Å²) in [5.74, 6) is -0.266. The van der Waals surface area contributed by atoms with Crippen molar-refractivity contribution in [2.45, 2.75) is 0 Å². The Balaban J connectivity index is 1.91. The van der Waals surface area contributed by atoms with Crippen molar-refractivity contribution in [2.24, 2.45) is 0 Å². The van der Waals surface area contributed by atoms with Crippen LogP contribution < -0.4 is 10.6 Å². The summed E-state index contributed by atoms with van der Waals surface area (Å²) in [7, 11) is 0. The van der Waals surface area contributed by atoms with E-state index in [0.29, 0.717) is 28.8 Å². The van der Waals surface area contributed by atoms with Gasteiger partial charge in [-0.25, -0.2) is 0 Å². The van der Waals surface area contributed by atoms with E-state index < -0.39 is 0 Å². The minimum atomic E-state index is -0.201. The Morgan fingerprint density at radius 2 is 2.00 bits per heavy atom. The number of carbonyl (C=O) groups is 2. The smallest absolute Gasteiger partial charge is 0.238 e. The second-order valence-corrected chi connectivity index (χ2v) is 5.14. The van der Waals surface area contributed by atoms with Gasteiger partial charge in [0.05, 0.1) is 13.1 Å². The monoisotopic (exact) mass is 301 g/mol. The average molecular weight is 302 g/mol. The van der Waals surface area contributed by atoms with Gasteiger partial charge in [-0.1, -0.05) is 23.2 Å². The minimum Gasteiger partial charge on any atom is -0.354 e. The number of piperazine rings is 1. The molecule has 102 valence electrons. The molecule has 0 radical (unpaired) electrons. The zero-order valence-electron chi connectivity index (χ0n) is 10.1. The highest BCUT2D eigenvalue weighted by Gasteiger charge is 2.18. The molecule has 1 heterocycles. The van der Waals surface area contributed by atoms with Crippen LogP contribution in [-0.2, 0) is 9.59 Å². The van der Waals surface area contributed by atoms with E-state index in [1.807, 2.05) is 0 Å². The van der Waals surface area contributed by atoms with Gasteiger partial charge in [0, 0.05) is 28.8 Å². The van der Waals surface area contributed by atoms with E-state index in [0.717, 1.165) is 0 Å². The predicted octanol–water partition coefficient (Wildman–Crippen LogP) is 1.36. The highest BCUT2D eigenvalue weighted by atomic mass is 35.5. The fraction of sp³-hybridized carbons (Fsp3) is 0.333. The third-order valence-electron chi connectivity index (χ3n) is 2.63. The topological polar surface area (TPSA) is 61.4 Å². The maximum absolute atomic E-state index is 11.8. The highest BCUT2D eigenvalue weighted by Crippen LogP contribution is 2.22. The van der Waals surface area contributed by atoms with Gasteiger partial charge in [0.25, 0.3) is 0 Å². The van der Waals surface area contributed by atoms with Crippen molar-refractivity contribution < 1.29 is 9.59 Å². The van der Waals surface area contributed by atoms with Gasteiger partial charge in [-0.3, -0.25) is 14.5 Å². The Labute approximate surface area is 120 Å². The molecule has 1 fully saturated rings. The lowest BCUT2D eigenvalue weighted by atomic mass is 10.3. The lowest BCUT2D eigenvalue weighted by Crippen LogP contribution is -2.49. The van der Waals surface area contributed by atoms with Gasteiger partial charge >= 0.3 is 0 Å². The van der Waals surface area contributed by atoms with Gasteiger partial charge in [-0.15, -0.1) is 0 Å². The van der Waals surface area contributed by atoms with Crippen LogP contribution in [-0.4, -0.2) is 42.9 Å². The number of anilines is 1. The number of hydrogen-bond acceptors (Lipinski definition) is 3. The standard InChI is InChI=1S/C12H13Cl2N3O2/c13-8-3-9(14)5-10(4-8)16-12(19)7-17-2-1-15-11(18)6-17/h3-5H,1-2,6-7H2,(H,15,18)(H,16,19). The van der Waals surface area contributed by atoms with Crippen LogP contribution in [0, 0.1) is 0 Å². The number of nitrogens with one attached hydrogen (secondary N) is 2. The van der Waals surface area contributed by atoms with Crippen LogP contribution in [0.5, 0.6) is 0 Å². The molecule has 5 nitrogen and oxygen atoms in total. The Hall–Kier alpha value is -1.30. The van der Waals surface area contributed by atoms with E-state index in [1.54, 1.807) is 23.1 Å². The van der Waals surface area contributed by atoms with Crippen molar-refractivity contribution in [3.8, 4) is 0 Å². The molecule has 0 aliphatic carbocycles. The summed E-state index contributed by atoms with van der Waals surface area (Å²) in [4.78, 5) is 24.8. The largest absolute Gasteiger partial charge is 0.354 e. The Morgan fingerprint density at radius 3 is 2.63 bits per heavy atom. The van der Waals surface area contributed by atoms with E-state index in [-0.39, 0.29) is 24.9 Å². The quantitative estimate of drug-likeness (QED) is 0.886. The Bertz CT molecular complexity index is 487. The van der Waals surface area contributed by atoms with Crippen molar-refractivity contribution in [3.63, 3.8) is 0 Å². The first-order valence-corrected chi connectivity index (χ1v) is 6.53. The van der Waals surface area contributed by atoms with Crippen LogP contribution in [0.3, 0.4) is 0 Å². The first-order valence-electron chi connectivity index (χ1n) is 5.78. The zero-order chi connectivity index (χ0) is 13.8. The molecule has 1 aliphatic heterocycles. The van der Waals surface area contributed by atoms with Crippen LogP contribution in [0.4, 0.5) is 5.69 Å². The van der Waals surface area contributed by atoms with Crippen molar-refractivity contribution in [3.05, 3.63) is 28.2 Å². The van der Waals surface area contributed by atoms with E-state index in [2.05, 4.69) is 10.6 Å². The summed E-state index contributed by atoms with van der Waals surface area (Å²) in [6.07, 6.45) is 0. The summed E-state index contributed by atoms with van der Waals surface area (Å²) in [5.41, 5.74) is 0.545. The summed E-state index contributed by atoms with van der Waals surface area (Å²) < 4.78 is 0. The molecule has 0 saturated carbocycles. The Morgan fingerprint density at radius 1 is 1.32 bits per heavy atom. The van der Waals surface area contributed by atoms with Crippen LogP contribution in [0.1, 0.15) is 0 Å². The Kier molecular flexibility index (Phi) is 4.63. The van der Waals surface area contributed by atoms with Gasteiger partial charge < -0.3 is 10.6 Å². The van der Waals surface area contributed by atoms with Gasteiger partial charge in [-0.2, -0.15) is 0 Å². The van der Waals surface area contributed by atoms with E-state index in [1.165, 1.54) is 0 Å². The molecule has 1 saturated heterocycles. The number of hydrogen-bond donors (Lipinski definition) is 2. The van der Waals surface area contributed by atoms with Crippen molar-refractivity contribution in [1.29, 1.82) is 0 Å². The molecule has 0 unspecified atom stereocenters. The highest BCUT2D eigenvalue weighted by molar-refractivity contribution is 6.35. The molecule has 7 heteroatoms. The van der Waals surface area contributed by atoms with Crippen LogP contribution in [0.25, 0.3) is 0 Å². The van der Waals surface area contributed by atoms with Gasteiger partial charge in [0.1, 0.15) is 0 Å². The third kappa shape index (κ3) is 4.38. The third-order valence-corrected chi connectivity index (χ3v) is 3.07. The van der Waals surface area contributed by atoms with Crippen molar-refractivity contribution >= 4 is 40.7 Å². The van der Waals surface area contributed by atoms with E-state index >= 15 is 0 Å². The number of benzene rings is 1. The normalized spacial score (nSPS) is 16.0. The first kappa shape index (κ1) is 14.1. The van der Waals surface area contributed by atoms with Gasteiger partial charge in [0.15, 0.2) is 0 Å². The molecule has 0 spiro atoms. The predicted molar refractivity (Wildman–Crippen MR) is 74.5 cm³/mol. The number of halogens is 2. The molecule has 2 N–H and O–H groups in total. The molecular weight excluding hydrogens is 289 g/mol. The fourth-order valence-corrected chi connectivity index (χ4v) is 2.38. The summed E-state index contributed by atoms with van der Waals surface area (Å²) in [6.45, 7) is 1.63. The second kappa shape index (κ2) is 6.23. The molecule has 2 rings (SSSR count). The zero-order valence-corrected chi connectivity index (χ0v) is 11.6. The number of rotatable bonds is 3. The molecule has 1 aliphatic rings. The molecule has 0 bridgehead atoms.